The summed E-state index contributed by atoms with van der Waals surface area (Å²) in [6, 6.07) is 0. The van der Waals surface area contributed by atoms with Crippen LogP contribution in [-0.2, 0) is 9.22 Å². The van der Waals surface area contributed by atoms with Gasteiger partial charge in [0.25, 0.3) is 0 Å². The normalized spacial score (nSPS) is 51.5. The molecule has 0 unspecified atom stereocenters. The Morgan fingerprint density at radius 3 is 2.54 bits per heavy atom. The number of fused-ring (bicyclic) bond motifs is 5. The molecule has 4 rings (SSSR count). The predicted molar refractivity (Wildman–Crippen MR) is 106 cm³/mol. The largest absolute Gasteiger partial charge is 0.415 e. The van der Waals surface area contributed by atoms with E-state index in [0.717, 1.165) is 19.3 Å². The Bertz CT molecular complexity index is 584. The van der Waals surface area contributed by atoms with Gasteiger partial charge in [0.05, 0.1) is 6.10 Å². The number of aliphatic hydroxyl groups is 1. The first kappa shape index (κ1) is 19.1. The molecule has 0 aliphatic heterocycles. The Kier molecular flexibility index (Phi) is 4.53. The lowest BCUT2D eigenvalue weighted by atomic mass is 9.44. The fourth-order valence-electron chi connectivity index (χ4n) is 7.72. The van der Waals surface area contributed by atoms with Crippen LogP contribution in [0.4, 0.5) is 0 Å². The first-order chi connectivity index (χ1) is 12.0. The van der Waals surface area contributed by atoms with E-state index in [4.69, 9.17) is 4.43 Å². The average Bonchev–Trinajstić information content (AvgIpc) is 2.81. The van der Waals surface area contributed by atoms with E-state index >= 15 is 0 Å². The molecule has 4 fully saturated rings. The van der Waals surface area contributed by atoms with Crippen LogP contribution in [0.15, 0.2) is 0 Å². The summed E-state index contributed by atoms with van der Waals surface area (Å²) < 4.78 is 6.47. The lowest BCUT2D eigenvalue weighted by Crippen LogP contribution is -2.59. The summed E-state index contributed by atoms with van der Waals surface area (Å²) in [4.78, 5) is 12.6. The van der Waals surface area contributed by atoms with Crippen LogP contribution in [-0.4, -0.2) is 31.4 Å². The Morgan fingerprint density at radius 2 is 1.85 bits per heavy atom. The van der Waals surface area contributed by atoms with Gasteiger partial charge < -0.3 is 9.53 Å². The molecule has 3 nitrogen and oxygen atoms in total. The SMILES string of the molecule is C[C@]12CC[C@@H](O[Si](C)(C)C)C[C@H]1CC[C@@H]1[C@@H]2[C@@H](O)C[C@]2(C)C(=O)CC[C@@H]12. The van der Waals surface area contributed by atoms with E-state index in [1.54, 1.807) is 0 Å². The van der Waals surface area contributed by atoms with Crippen LogP contribution in [0.1, 0.15) is 65.2 Å². The summed E-state index contributed by atoms with van der Waals surface area (Å²) >= 11 is 0. The highest BCUT2D eigenvalue weighted by molar-refractivity contribution is 6.69. The van der Waals surface area contributed by atoms with Gasteiger partial charge in [0.15, 0.2) is 8.32 Å². The van der Waals surface area contributed by atoms with E-state index in [1.165, 1.54) is 25.7 Å². The minimum Gasteiger partial charge on any atom is -0.415 e. The van der Waals surface area contributed by atoms with Crippen LogP contribution < -0.4 is 0 Å². The van der Waals surface area contributed by atoms with Gasteiger partial charge in [0.2, 0.25) is 0 Å². The Morgan fingerprint density at radius 1 is 1.12 bits per heavy atom. The van der Waals surface area contributed by atoms with Crippen molar-refractivity contribution in [3.05, 3.63) is 0 Å². The third-order valence-electron chi connectivity index (χ3n) is 8.78. The first-order valence-electron chi connectivity index (χ1n) is 10.9. The second-order valence-electron chi connectivity index (χ2n) is 11.4. The van der Waals surface area contributed by atoms with Crippen molar-refractivity contribution >= 4 is 14.1 Å². The fourth-order valence-corrected chi connectivity index (χ4v) is 8.94. The van der Waals surface area contributed by atoms with E-state index in [-0.39, 0.29) is 16.9 Å². The minimum atomic E-state index is -1.50. The molecule has 0 aromatic heterocycles. The molecule has 148 valence electrons. The molecule has 8 atom stereocenters. The molecule has 4 aliphatic carbocycles. The van der Waals surface area contributed by atoms with Crippen LogP contribution in [0.5, 0.6) is 0 Å². The van der Waals surface area contributed by atoms with Gasteiger partial charge in [-0.05, 0) is 93.7 Å². The quantitative estimate of drug-likeness (QED) is 0.703. The molecule has 4 aliphatic rings. The highest BCUT2D eigenvalue weighted by atomic mass is 28.4. The Balaban J connectivity index is 1.57. The van der Waals surface area contributed by atoms with Crippen molar-refractivity contribution in [1.82, 2.24) is 0 Å². The third kappa shape index (κ3) is 2.86. The van der Waals surface area contributed by atoms with Crippen molar-refractivity contribution in [3.8, 4) is 0 Å². The maximum Gasteiger partial charge on any atom is 0.184 e. The second-order valence-corrected chi connectivity index (χ2v) is 15.8. The van der Waals surface area contributed by atoms with Gasteiger partial charge in [-0.3, -0.25) is 4.79 Å². The van der Waals surface area contributed by atoms with Crippen LogP contribution in [0, 0.1) is 34.5 Å². The number of carbonyl (C=O) groups excluding carboxylic acids is 1. The Hall–Kier alpha value is -0.193. The first-order valence-corrected chi connectivity index (χ1v) is 14.3. The third-order valence-corrected chi connectivity index (χ3v) is 9.82. The standard InChI is InChI=1S/C22H38O3Si/c1-21-11-10-15(25-26(3,4)5)12-14(21)6-7-16-17-8-9-19(24)22(17,2)13-18(23)20(16)21/h14-18,20,23H,6-13H2,1-5H3/t14-,15-,16+,17+,18+,20-,21+,22+/m1/s1. The Labute approximate surface area is 160 Å². The lowest BCUT2D eigenvalue weighted by Gasteiger charge is -2.61. The van der Waals surface area contributed by atoms with Gasteiger partial charge in [-0.2, -0.15) is 0 Å². The zero-order chi connectivity index (χ0) is 18.9. The van der Waals surface area contributed by atoms with Gasteiger partial charge in [-0.25, -0.2) is 0 Å². The molecule has 0 aromatic carbocycles. The molecular formula is C22H38O3Si. The second kappa shape index (κ2) is 6.15. The van der Waals surface area contributed by atoms with E-state index in [2.05, 4.69) is 33.5 Å². The minimum absolute atomic E-state index is 0.231. The number of rotatable bonds is 2. The van der Waals surface area contributed by atoms with Crippen LogP contribution >= 0.6 is 0 Å². The molecule has 4 saturated carbocycles. The molecule has 0 aromatic rings. The van der Waals surface area contributed by atoms with Crippen molar-refractivity contribution in [2.75, 3.05) is 0 Å². The maximum absolute atomic E-state index is 12.6. The molecule has 0 bridgehead atoms. The summed E-state index contributed by atoms with van der Waals surface area (Å²) in [5, 5.41) is 11.2. The molecule has 0 saturated heterocycles. The van der Waals surface area contributed by atoms with Gasteiger partial charge in [-0.1, -0.05) is 13.8 Å². The summed E-state index contributed by atoms with van der Waals surface area (Å²) in [5.74, 6) is 2.54. The number of hydrogen-bond acceptors (Lipinski definition) is 3. The summed E-state index contributed by atoms with van der Waals surface area (Å²) in [6.07, 6.45) is 8.60. The lowest BCUT2D eigenvalue weighted by molar-refractivity contribution is -0.174. The smallest absolute Gasteiger partial charge is 0.184 e. The summed E-state index contributed by atoms with van der Waals surface area (Å²) in [7, 11) is -1.50. The molecular weight excluding hydrogens is 340 g/mol. The van der Waals surface area contributed by atoms with E-state index in [1.807, 2.05) is 0 Å². The van der Waals surface area contributed by atoms with Crippen LogP contribution in [0.25, 0.3) is 0 Å². The van der Waals surface area contributed by atoms with E-state index < -0.39 is 8.32 Å². The van der Waals surface area contributed by atoms with Crippen molar-refractivity contribution in [1.29, 1.82) is 0 Å². The van der Waals surface area contributed by atoms with Crippen molar-refractivity contribution in [3.63, 3.8) is 0 Å². The summed E-state index contributed by atoms with van der Waals surface area (Å²) in [5.41, 5.74) is -0.0173. The number of ketones is 1. The number of aliphatic hydroxyl groups excluding tert-OH is 1. The van der Waals surface area contributed by atoms with Gasteiger partial charge >= 0.3 is 0 Å². The monoisotopic (exact) mass is 378 g/mol. The maximum atomic E-state index is 12.6. The zero-order valence-corrected chi connectivity index (χ0v) is 18.4. The number of Topliss-reactive ketones (excluding diaryl/α,β-unsaturated/α-hetero) is 1. The number of hydrogen-bond donors (Lipinski definition) is 1. The molecule has 0 heterocycles. The number of carbonyl (C=O) groups is 1. The van der Waals surface area contributed by atoms with E-state index in [0.29, 0.717) is 42.0 Å². The molecule has 26 heavy (non-hydrogen) atoms. The molecule has 0 amide bonds. The highest BCUT2D eigenvalue weighted by Gasteiger charge is 2.63. The molecule has 0 radical (unpaired) electrons. The van der Waals surface area contributed by atoms with Crippen molar-refractivity contribution < 1.29 is 14.3 Å². The van der Waals surface area contributed by atoms with E-state index in [9.17, 15) is 9.90 Å². The molecule has 4 heteroatoms. The van der Waals surface area contributed by atoms with Crippen LogP contribution in [0.3, 0.4) is 0 Å². The van der Waals surface area contributed by atoms with Crippen molar-refractivity contribution in [2.45, 2.75) is 97.1 Å². The van der Waals surface area contributed by atoms with Gasteiger partial charge in [0.1, 0.15) is 5.78 Å². The predicted octanol–water partition coefficient (Wildman–Crippen LogP) is 4.79. The summed E-state index contributed by atoms with van der Waals surface area (Å²) in [6.45, 7) is 11.5. The molecule has 0 spiro atoms. The van der Waals surface area contributed by atoms with Crippen molar-refractivity contribution in [2.24, 2.45) is 34.5 Å². The van der Waals surface area contributed by atoms with Crippen LogP contribution in [0.2, 0.25) is 19.6 Å². The highest BCUT2D eigenvalue weighted by Crippen LogP contribution is 2.65. The topological polar surface area (TPSA) is 46.5 Å². The average molecular weight is 379 g/mol. The van der Waals surface area contributed by atoms with Gasteiger partial charge in [-0.15, -0.1) is 0 Å². The zero-order valence-electron chi connectivity index (χ0n) is 17.4. The fraction of sp³-hybridized carbons (Fsp3) is 0.955. The molecule has 1 N–H and O–H groups in total. The van der Waals surface area contributed by atoms with Gasteiger partial charge in [0, 0.05) is 17.9 Å².